The molecule has 0 aromatic heterocycles. The first-order valence-electron chi connectivity index (χ1n) is 14.8. The van der Waals surface area contributed by atoms with Gasteiger partial charge in [0.25, 0.3) is 5.91 Å². The van der Waals surface area contributed by atoms with Gasteiger partial charge in [-0.2, -0.15) is 0 Å². The average molecular weight is 626 g/mol. The minimum absolute atomic E-state index is 0.176. The number of anilines is 1. The second kappa shape index (κ2) is 13.0. The number of hydrogen-bond donors (Lipinski definition) is 1. The van der Waals surface area contributed by atoms with E-state index in [0.717, 1.165) is 16.7 Å². The lowest BCUT2D eigenvalue weighted by Crippen LogP contribution is -2.39. The van der Waals surface area contributed by atoms with Crippen LogP contribution in [0.4, 0.5) is 19.7 Å². The van der Waals surface area contributed by atoms with E-state index in [1.54, 1.807) is 28.0 Å². The predicted octanol–water partition coefficient (Wildman–Crippen LogP) is 8.09. The molecule has 1 N–H and O–H groups in total. The van der Waals surface area contributed by atoms with Gasteiger partial charge >= 0.3 is 12.2 Å². The van der Waals surface area contributed by atoms with Crippen molar-refractivity contribution in [2.45, 2.75) is 72.5 Å². The van der Waals surface area contributed by atoms with E-state index in [1.807, 2.05) is 66.7 Å². The van der Waals surface area contributed by atoms with Gasteiger partial charge in [-0.3, -0.25) is 4.79 Å². The second-order valence-corrected chi connectivity index (χ2v) is 13.4. The van der Waals surface area contributed by atoms with Crippen LogP contribution >= 0.6 is 11.6 Å². The molecule has 2 aromatic carbocycles. The normalized spacial score (nSPS) is 15.8. The quantitative estimate of drug-likeness (QED) is 0.371. The number of rotatable bonds is 4. The highest BCUT2D eigenvalue weighted by molar-refractivity contribution is 6.33. The molecule has 0 fully saturated rings. The van der Waals surface area contributed by atoms with E-state index in [9.17, 15) is 14.4 Å². The van der Waals surface area contributed by atoms with E-state index < -0.39 is 29.0 Å². The number of carbonyl (C=O) groups excluding carboxylic acids is 3. The Labute approximate surface area is 263 Å². The molecule has 3 amide bonds. The Morgan fingerprint density at radius 3 is 1.77 bits per heavy atom. The summed E-state index contributed by atoms with van der Waals surface area (Å²) in [5, 5.41) is 3.36. The molecule has 2 heterocycles. The lowest BCUT2D eigenvalue weighted by molar-refractivity contribution is 0.0260. The van der Waals surface area contributed by atoms with Crippen LogP contribution in [0.2, 0.25) is 5.02 Å². The Morgan fingerprint density at radius 1 is 0.818 bits per heavy atom. The van der Waals surface area contributed by atoms with Gasteiger partial charge in [-0.15, -0.1) is 0 Å². The minimum atomic E-state index is -0.588. The van der Waals surface area contributed by atoms with E-state index in [-0.39, 0.29) is 11.7 Å². The third-order valence-electron chi connectivity index (χ3n) is 7.28. The van der Waals surface area contributed by atoms with Crippen LogP contribution in [0.3, 0.4) is 0 Å². The number of nitrogens with zero attached hydrogens (tertiary/aromatic N) is 2. The summed E-state index contributed by atoms with van der Waals surface area (Å²) in [6.07, 6.45) is 4.12. The molecule has 0 bridgehead atoms. The maximum absolute atomic E-state index is 15.2. The third-order valence-corrected chi connectivity index (χ3v) is 7.77. The molecule has 0 saturated heterocycles. The number of carbonyl (C=O) groups is 3. The zero-order chi connectivity index (χ0) is 32.4. The molecule has 8 nitrogen and oxygen atoms in total. The Kier molecular flexibility index (Phi) is 9.78. The fraction of sp³-hybridized carbons (Fsp3) is 0.441. The topological polar surface area (TPSA) is 88.2 Å². The van der Waals surface area contributed by atoms with Crippen LogP contribution < -0.4 is 5.32 Å². The lowest BCUT2D eigenvalue weighted by atomic mass is 9.96. The van der Waals surface area contributed by atoms with Crippen molar-refractivity contribution >= 4 is 46.5 Å². The molecular weight excluding hydrogens is 585 g/mol. The molecule has 0 saturated carbocycles. The zero-order valence-electron chi connectivity index (χ0n) is 26.5. The summed E-state index contributed by atoms with van der Waals surface area (Å²) in [4.78, 5) is 41.0. The van der Waals surface area contributed by atoms with Gasteiger partial charge in [0, 0.05) is 43.0 Å². The molecule has 0 aliphatic carbocycles. The van der Waals surface area contributed by atoms with E-state index in [1.165, 1.54) is 6.07 Å². The maximum atomic E-state index is 15.2. The van der Waals surface area contributed by atoms with Crippen LogP contribution in [-0.4, -0.2) is 65.3 Å². The van der Waals surface area contributed by atoms with Gasteiger partial charge in [0.05, 0.1) is 5.02 Å². The van der Waals surface area contributed by atoms with Crippen molar-refractivity contribution in [1.82, 2.24) is 9.80 Å². The SMILES string of the molecule is Cc1c(NC(=O)c2ccc(C3=CCN(C(=O)OC(C)(C)C)CC3)c(F)c2)ccc(C2=CCN(C(=O)OC(C)(C)C)CC2)c1Cl. The van der Waals surface area contributed by atoms with Gasteiger partial charge in [-0.1, -0.05) is 35.9 Å². The van der Waals surface area contributed by atoms with Gasteiger partial charge in [0.1, 0.15) is 17.0 Å². The van der Waals surface area contributed by atoms with Gasteiger partial charge in [0.15, 0.2) is 0 Å². The second-order valence-electron chi connectivity index (χ2n) is 13.1. The van der Waals surface area contributed by atoms with Crippen LogP contribution in [0.25, 0.3) is 11.1 Å². The Hall–Kier alpha value is -3.85. The predicted molar refractivity (Wildman–Crippen MR) is 171 cm³/mol. The first-order chi connectivity index (χ1) is 20.5. The first kappa shape index (κ1) is 33.1. The maximum Gasteiger partial charge on any atom is 0.410 e. The van der Waals surface area contributed by atoms with Crippen LogP contribution in [0.15, 0.2) is 42.5 Å². The Morgan fingerprint density at radius 2 is 1.32 bits per heavy atom. The molecule has 44 heavy (non-hydrogen) atoms. The number of halogens is 2. The van der Waals surface area contributed by atoms with Crippen molar-refractivity contribution in [3.63, 3.8) is 0 Å². The van der Waals surface area contributed by atoms with Crippen LogP contribution in [0.1, 0.15) is 81.4 Å². The van der Waals surface area contributed by atoms with Crippen molar-refractivity contribution in [3.05, 3.63) is 75.6 Å². The first-order valence-corrected chi connectivity index (χ1v) is 15.1. The summed E-state index contributed by atoms with van der Waals surface area (Å²) in [5.41, 5.74) is 3.27. The average Bonchev–Trinajstić information content (AvgIpc) is 2.94. The number of ether oxygens (including phenoxy) is 2. The van der Waals surface area contributed by atoms with E-state index in [2.05, 4.69) is 5.32 Å². The van der Waals surface area contributed by atoms with Crippen molar-refractivity contribution in [2.24, 2.45) is 0 Å². The van der Waals surface area contributed by atoms with Gasteiger partial charge in [-0.25, -0.2) is 14.0 Å². The molecule has 236 valence electrons. The molecule has 4 rings (SSSR count). The van der Waals surface area contributed by atoms with Crippen molar-refractivity contribution in [1.29, 1.82) is 0 Å². The molecule has 0 radical (unpaired) electrons. The molecule has 10 heteroatoms. The van der Waals surface area contributed by atoms with Crippen LogP contribution in [-0.2, 0) is 9.47 Å². The monoisotopic (exact) mass is 625 g/mol. The third kappa shape index (κ3) is 8.20. The fourth-order valence-electron chi connectivity index (χ4n) is 4.99. The summed E-state index contributed by atoms with van der Waals surface area (Å²) in [6.45, 7) is 14.4. The zero-order valence-corrected chi connectivity index (χ0v) is 27.2. The highest BCUT2D eigenvalue weighted by Gasteiger charge is 2.26. The smallest absolute Gasteiger partial charge is 0.410 e. The molecule has 0 atom stereocenters. The highest BCUT2D eigenvalue weighted by Crippen LogP contribution is 2.35. The van der Waals surface area contributed by atoms with Gasteiger partial charge in [0.2, 0.25) is 0 Å². The van der Waals surface area contributed by atoms with E-state index >= 15 is 4.39 Å². The van der Waals surface area contributed by atoms with Crippen molar-refractivity contribution < 1.29 is 28.2 Å². The summed E-state index contributed by atoms with van der Waals surface area (Å²) in [5.74, 6) is -0.967. The number of amides is 3. The van der Waals surface area contributed by atoms with Crippen LogP contribution in [0, 0.1) is 12.7 Å². The minimum Gasteiger partial charge on any atom is -0.444 e. The van der Waals surface area contributed by atoms with E-state index in [4.69, 9.17) is 21.1 Å². The standard InChI is InChI=1S/C34H41ClFN3O5/c1-21-28(11-10-26(29(21)35)23-14-18-39(19-15-23)32(42)44-34(5,6)7)37-30(40)24-8-9-25(27(36)20-24)22-12-16-38(17-13-22)31(41)43-33(2,3)4/h8-12,14,20H,13,15-19H2,1-7H3,(H,37,40). The number of hydrogen-bond acceptors (Lipinski definition) is 5. The summed E-state index contributed by atoms with van der Waals surface area (Å²) >= 11 is 6.74. The molecule has 2 aromatic rings. The molecule has 0 unspecified atom stereocenters. The highest BCUT2D eigenvalue weighted by atomic mass is 35.5. The summed E-state index contributed by atoms with van der Waals surface area (Å²) in [6, 6.07) is 8.03. The molecule has 2 aliphatic rings. The number of nitrogens with one attached hydrogen (secondary N) is 1. The van der Waals surface area contributed by atoms with Gasteiger partial charge in [-0.05, 0) is 102 Å². The van der Waals surface area contributed by atoms with Crippen LogP contribution in [0.5, 0.6) is 0 Å². The Balaban J connectivity index is 1.41. The van der Waals surface area contributed by atoms with Gasteiger partial charge < -0.3 is 24.6 Å². The molecule has 0 spiro atoms. The molecule has 2 aliphatic heterocycles. The van der Waals surface area contributed by atoms with Crippen molar-refractivity contribution in [2.75, 3.05) is 31.5 Å². The van der Waals surface area contributed by atoms with E-state index in [0.29, 0.717) is 60.9 Å². The fourth-order valence-corrected chi connectivity index (χ4v) is 5.28. The number of benzene rings is 2. The Bertz CT molecular complexity index is 1520. The van der Waals surface area contributed by atoms with Crippen molar-refractivity contribution in [3.8, 4) is 0 Å². The lowest BCUT2D eigenvalue weighted by Gasteiger charge is -2.30. The summed E-state index contributed by atoms with van der Waals surface area (Å²) < 4.78 is 26.1. The molecular formula is C34H41ClFN3O5. The summed E-state index contributed by atoms with van der Waals surface area (Å²) in [7, 11) is 0. The largest absolute Gasteiger partial charge is 0.444 e.